The Morgan fingerprint density at radius 1 is 1.44 bits per heavy atom. The summed E-state index contributed by atoms with van der Waals surface area (Å²) >= 11 is 0.104. The normalized spacial score (nSPS) is 9.56. The van der Waals surface area contributed by atoms with Gasteiger partial charge < -0.3 is 0 Å². The molecule has 0 fully saturated rings. The standard InChI is InChI=1S/C5H5FN2S/c1-4-2-8-5(9-6)3-7-4/h2-3H,1H3. The van der Waals surface area contributed by atoms with Crippen LogP contribution in [0.25, 0.3) is 0 Å². The minimum atomic E-state index is 0.104. The molecule has 0 aliphatic rings. The maximum absolute atomic E-state index is 11.7. The molecule has 0 atom stereocenters. The van der Waals surface area contributed by atoms with Crippen molar-refractivity contribution < 1.29 is 3.89 Å². The predicted molar refractivity (Wildman–Crippen MR) is 33.7 cm³/mol. The summed E-state index contributed by atoms with van der Waals surface area (Å²) < 4.78 is 11.7. The van der Waals surface area contributed by atoms with E-state index in [9.17, 15) is 3.89 Å². The topological polar surface area (TPSA) is 25.8 Å². The van der Waals surface area contributed by atoms with Gasteiger partial charge in [0.2, 0.25) is 0 Å². The second-order valence-electron chi connectivity index (χ2n) is 1.57. The maximum atomic E-state index is 11.7. The molecule has 1 rings (SSSR count). The van der Waals surface area contributed by atoms with Gasteiger partial charge in [0.25, 0.3) is 0 Å². The van der Waals surface area contributed by atoms with Crippen LogP contribution in [0.3, 0.4) is 0 Å². The molecule has 0 aromatic carbocycles. The number of rotatable bonds is 1. The predicted octanol–water partition coefficient (Wildman–Crippen LogP) is 1.76. The molecular formula is C5H5FN2S. The van der Waals surface area contributed by atoms with Gasteiger partial charge in [0.15, 0.2) is 0 Å². The molecule has 0 spiro atoms. The van der Waals surface area contributed by atoms with Crippen molar-refractivity contribution in [1.29, 1.82) is 0 Å². The van der Waals surface area contributed by atoms with E-state index in [1.54, 1.807) is 6.92 Å². The second kappa shape index (κ2) is 2.77. The van der Waals surface area contributed by atoms with Crippen molar-refractivity contribution in [1.82, 2.24) is 9.97 Å². The first-order chi connectivity index (χ1) is 4.33. The van der Waals surface area contributed by atoms with Crippen LogP contribution in [0.2, 0.25) is 0 Å². The molecule has 9 heavy (non-hydrogen) atoms. The summed E-state index contributed by atoms with van der Waals surface area (Å²) in [7, 11) is 0. The lowest BCUT2D eigenvalue weighted by Gasteiger charge is -1.89. The van der Waals surface area contributed by atoms with E-state index in [-0.39, 0.29) is 12.1 Å². The summed E-state index contributed by atoms with van der Waals surface area (Å²) in [5.41, 5.74) is 0.799. The van der Waals surface area contributed by atoms with Crippen LogP contribution < -0.4 is 0 Å². The first-order valence-corrected chi connectivity index (χ1v) is 3.12. The maximum Gasteiger partial charge on any atom is 0.147 e. The molecule has 1 aromatic heterocycles. The van der Waals surface area contributed by atoms with Gasteiger partial charge in [-0.05, 0) is 6.92 Å². The Labute approximate surface area is 56.8 Å². The van der Waals surface area contributed by atoms with Crippen LogP contribution in [0.1, 0.15) is 5.69 Å². The Bertz CT molecular complexity index is 187. The average Bonchev–Trinajstić information content (AvgIpc) is 1.90. The first-order valence-electron chi connectivity index (χ1n) is 2.40. The molecule has 0 saturated heterocycles. The van der Waals surface area contributed by atoms with Gasteiger partial charge in [0.05, 0.1) is 11.9 Å². The van der Waals surface area contributed by atoms with E-state index < -0.39 is 0 Å². The fourth-order valence-electron chi connectivity index (χ4n) is 0.421. The minimum absolute atomic E-state index is 0.104. The van der Waals surface area contributed by atoms with Crippen molar-refractivity contribution in [2.75, 3.05) is 0 Å². The number of hydrogen-bond acceptors (Lipinski definition) is 3. The third-order valence-corrected chi connectivity index (χ3v) is 1.21. The second-order valence-corrected chi connectivity index (χ2v) is 2.15. The van der Waals surface area contributed by atoms with Crippen molar-refractivity contribution in [3.8, 4) is 0 Å². The highest BCUT2D eigenvalue weighted by atomic mass is 32.2. The van der Waals surface area contributed by atoms with Crippen molar-refractivity contribution in [2.24, 2.45) is 0 Å². The summed E-state index contributed by atoms with van der Waals surface area (Å²) in [6.07, 6.45) is 2.93. The molecule has 0 bridgehead atoms. The minimum Gasteiger partial charge on any atom is -0.257 e. The van der Waals surface area contributed by atoms with E-state index in [0.29, 0.717) is 5.03 Å². The zero-order valence-corrected chi connectivity index (χ0v) is 5.65. The zero-order valence-electron chi connectivity index (χ0n) is 4.84. The molecule has 2 nitrogen and oxygen atoms in total. The van der Waals surface area contributed by atoms with Gasteiger partial charge in [0, 0.05) is 6.20 Å². The van der Waals surface area contributed by atoms with Gasteiger partial charge in [-0.15, -0.1) is 0 Å². The smallest absolute Gasteiger partial charge is 0.147 e. The first kappa shape index (κ1) is 6.48. The monoisotopic (exact) mass is 144 g/mol. The zero-order chi connectivity index (χ0) is 6.69. The van der Waals surface area contributed by atoms with E-state index in [2.05, 4.69) is 9.97 Å². The molecule has 0 N–H and O–H groups in total. The molecule has 0 aliphatic heterocycles. The van der Waals surface area contributed by atoms with E-state index in [1.165, 1.54) is 12.4 Å². The van der Waals surface area contributed by atoms with Crippen LogP contribution in [-0.4, -0.2) is 9.97 Å². The van der Waals surface area contributed by atoms with Crippen LogP contribution in [0.4, 0.5) is 3.89 Å². The van der Waals surface area contributed by atoms with Crippen molar-refractivity contribution in [3.63, 3.8) is 0 Å². The van der Waals surface area contributed by atoms with Crippen molar-refractivity contribution >= 4 is 12.1 Å². The quantitative estimate of drug-likeness (QED) is 0.600. The fourth-order valence-corrected chi connectivity index (χ4v) is 0.606. The lowest BCUT2D eigenvalue weighted by molar-refractivity contribution is 0.906. The van der Waals surface area contributed by atoms with Gasteiger partial charge in [-0.1, -0.05) is 0 Å². The SMILES string of the molecule is Cc1cnc(SF)cn1. The molecule has 0 aliphatic carbocycles. The number of hydrogen-bond donors (Lipinski definition) is 0. The summed E-state index contributed by atoms with van der Waals surface area (Å²) in [5, 5.41) is 0.306. The summed E-state index contributed by atoms with van der Waals surface area (Å²) in [5.74, 6) is 0. The molecule has 1 aromatic rings. The van der Waals surface area contributed by atoms with Crippen LogP contribution in [0, 0.1) is 6.92 Å². The summed E-state index contributed by atoms with van der Waals surface area (Å²) in [6.45, 7) is 1.81. The Kier molecular flexibility index (Phi) is 2.00. The average molecular weight is 144 g/mol. The largest absolute Gasteiger partial charge is 0.257 e. The highest BCUT2D eigenvalue weighted by Gasteiger charge is 1.91. The van der Waals surface area contributed by atoms with Gasteiger partial charge in [0.1, 0.15) is 17.2 Å². The molecule has 0 amide bonds. The third-order valence-electron chi connectivity index (χ3n) is 0.836. The number of halogens is 1. The lowest BCUT2D eigenvalue weighted by Crippen LogP contribution is -1.82. The van der Waals surface area contributed by atoms with E-state index in [4.69, 9.17) is 0 Å². The molecule has 48 valence electrons. The Morgan fingerprint density at radius 2 is 2.22 bits per heavy atom. The van der Waals surface area contributed by atoms with Crippen molar-refractivity contribution in [2.45, 2.75) is 11.9 Å². The van der Waals surface area contributed by atoms with E-state index >= 15 is 0 Å². The van der Waals surface area contributed by atoms with Gasteiger partial charge in [-0.25, -0.2) is 4.98 Å². The van der Waals surface area contributed by atoms with E-state index in [1.807, 2.05) is 0 Å². The van der Waals surface area contributed by atoms with E-state index in [0.717, 1.165) is 5.69 Å². The molecule has 0 radical (unpaired) electrons. The van der Waals surface area contributed by atoms with Gasteiger partial charge in [-0.2, -0.15) is 3.89 Å². The Morgan fingerprint density at radius 3 is 2.67 bits per heavy atom. The number of aromatic nitrogens is 2. The van der Waals surface area contributed by atoms with Gasteiger partial charge >= 0.3 is 0 Å². The van der Waals surface area contributed by atoms with Crippen LogP contribution in [0.5, 0.6) is 0 Å². The van der Waals surface area contributed by atoms with Gasteiger partial charge in [-0.3, -0.25) is 4.98 Å². The molecule has 0 unspecified atom stereocenters. The lowest BCUT2D eigenvalue weighted by atomic mass is 10.5. The molecule has 4 heteroatoms. The molecular weight excluding hydrogens is 139 g/mol. The number of aryl methyl sites for hydroxylation is 1. The number of nitrogens with zero attached hydrogens (tertiary/aromatic N) is 2. The summed E-state index contributed by atoms with van der Waals surface area (Å²) in [4.78, 5) is 7.55. The van der Waals surface area contributed by atoms with Crippen molar-refractivity contribution in [3.05, 3.63) is 18.1 Å². The van der Waals surface area contributed by atoms with Crippen LogP contribution in [0.15, 0.2) is 17.4 Å². The molecule has 1 heterocycles. The highest BCUT2D eigenvalue weighted by molar-refractivity contribution is 7.94. The Balaban J connectivity index is 2.88. The third kappa shape index (κ3) is 1.64. The van der Waals surface area contributed by atoms with Crippen LogP contribution >= 0.6 is 12.1 Å². The fraction of sp³-hybridized carbons (Fsp3) is 0.200. The highest BCUT2D eigenvalue weighted by Crippen LogP contribution is 2.12. The summed E-state index contributed by atoms with van der Waals surface area (Å²) in [6, 6.07) is 0. The van der Waals surface area contributed by atoms with Crippen LogP contribution in [-0.2, 0) is 0 Å². The molecule has 0 saturated carbocycles. The Hall–Kier alpha value is -0.640.